The Bertz CT molecular complexity index is 470. The fourth-order valence-electron chi connectivity index (χ4n) is 3.43. The molecule has 7 heteroatoms. The number of aliphatic hydroxyl groups excluding tert-OH is 1. The summed E-state index contributed by atoms with van der Waals surface area (Å²) >= 11 is 0. The maximum absolute atomic E-state index is 12.5. The van der Waals surface area contributed by atoms with Gasteiger partial charge in [-0.15, -0.1) is 0 Å². The normalized spacial score (nSPS) is 27.0. The predicted octanol–water partition coefficient (Wildman–Crippen LogP) is -0.0266. The first-order chi connectivity index (χ1) is 10.7. The van der Waals surface area contributed by atoms with Crippen LogP contribution in [0.2, 0.25) is 0 Å². The Kier molecular flexibility index (Phi) is 5.04. The monoisotopic (exact) mass is 307 g/mol. The molecule has 0 aromatic carbocycles. The molecule has 22 heavy (non-hydrogen) atoms. The van der Waals surface area contributed by atoms with E-state index in [-0.39, 0.29) is 17.9 Å². The standard InChI is InChI=1S/C15H25N5O2/c21-14-3-1-2-13(10-14)15(22)19-7-4-18(5-8-19)6-9-20-12-16-11-17-20/h11-14,21H,1-10H2/t13-,14+/m0/s1. The topological polar surface area (TPSA) is 74.5 Å². The van der Waals surface area contributed by atoms with Crippen LogP contribution >= 0.6 is 0 Å². The Morgan fingerprint density at radius 2 is 2.00 bits per heavy atom. The molecule has 1 aromatic heterocycles. The number of aliphatic hydroxyl groups is 1. The summed E-state index contributed by atoms with van der Waals surface area (Å²) in [4.78, 5) is 20.8. The van der Waals surface area contributed by atoms with Gasteiger partial charge in [0.25, 0.3) is 0 Å². The Hall–Kier alpha value is -1.47. The van der Waals surface area contributed by atoms with E-state index in [1.54, 1.807) is 12.7 Å². The van der Waals surface area contributed by atoms with Gasteiger partial charge in [0.1, 0.15) is 12.7 Å². The Morgan fingerprint density at radius 3 is 2.68 bits per heavy atom. The summed E-state index contributed by atoms with van der Waals surface area (Å²) in [7, 11) is 0. The highest BCUT2D eigenvalue weighted by atomic mass is 16.3. The number of nitrogens with zero attached hydrogens (tertiary/aromatic N) is 5. The predicted molar refractivity (Wildman–Crippen MR) is 81.0 cm³/mol. The van der Waals surface area contributed by atoms with E-state index < -0.39 is 0 Å². The van der Waals surface area contributed by atoms with Crippen molar-refractivity contribution in [3.05, 3.63) is 12.7 Å². The molecule has 1 N–H and O–H groups in total. The van der Waals surface area contributed by atoms with Gasteiger partial charge in [-0.05, 0) is 19.3 Å². The fourth-order valence-corrected chi connectivity index (χ4v) is 3.43. The fraction of sp³-hybridized carbons (Fsp3) is 0.800. The zero-order valence-electron chi connectivity index (χ0n) is 13.0. The lowest BCUT2D eigenvalue weighted by atomic mass is 9.86. The van der Waals surface area contributed by atoms with E-state index in [4.69, 9.17) is 0 Å². The first-order valence-electron chi connectivity index (χ1n) is 8.24. The SMILES string of the molecule is O=C([C@H]1CCC[C@@H](O)C1)N1CCN(CCn2cncn2)CC1. The molecule has 1 saturated carbocycles. The van der Waals surface area contributed by atoms with Gasteiger partial charge in [-0.25, -0.2) is 4.98 Å². The number of carbonyl (C=O) groups is 1. The van der Waals surface area contributed by atoms with Crippen LogP contribution in [0.3, 0.4) is 0 Å². The van der Waals surface area contributed by atoms with Crippen molar-refractivity contribution in [3.63, 3.8) is 0 Å². The minimum absolute atomic E-state index is 0.0328. The Balaban J connectivity index is 1.42. The maximum Gasteiger partial charge on any atom is 0.225 e. The summed E-state index contributed by atoms with van der Waals surface area (Å²) in [5.41, 5.74) is 0. The molecule has 2 atom stereocenters. The van der Waals surface area contributed by atoms with Crippen molar-refractivity contribution in [3.8, 4) is 0 Å². The van der Waals surface area contributed by atoms with E-state index in [0.717, 1.165) is 58.5 Å². The second-order valence-corrected chi connectivity index (χ2v) is 6.34. The van der Waals surface area contributed by atoms with Gasteiger partial charge in [0.2, 0.25) is 5.91 Å². The van der Waals surface area contributed by atoms with Crippen molar-refractivity contribution in [2.45, 2.75) is 38.3 Å². The van der Waals surface area contributed by atoms with E-state index in [9.17, 15) is 9.90 Å². The summed E-state index contributed by atoms with van der Waals surface area (Å²) in [6.45, 7) is 5.19. The molecule has 1 saturated heterocycles. The quantitative estimate of drug-likeness (QED) is 0.846. The third kappa shape index (κ3) is 3.84. The van der Waals surface area contributed by atoms with Crippen molar-refractivity contribution in [1.29, 1.82) is 0 Å². The van der Waals surface area contributed by atoms with Gasteiger partial charge in [0.05, 0.1) is 12.6 Å². The molecule has 0 spiro atoms. The summed E-state index contributed by atoms with van der Waals surface area (Å²) in [5.74, 6) is 0.278. The average molecular weight is 307 g/mol. The van der Waals surface area contributed by atoms with Gasteiger partial charge < -0.3 is 10.0 Å². The molecule has 122 valence electrons. The minimum atomic E-state index is -0.285. The highest BCUT2D eigenvalue weighted by Crippen LogP contribution is 2.26. The van der Waals surface area contributed by atoms with Gasteiger partial charge in [0, 0.05) is 38.6 Å². The number of hydrogen-bond donors (Lipinski definition) is 1. The smallest absolute Gasteiger partial charge is 0.225 e. The first-order valence-corrected chi connectivity index (χ1v) is 8.24. The lowest BCUT2D eigenvalue weighted by Gasteiger charge is -2.37. The second-order valence-electron chi connectivity index (χ2n) is 6.34. The maximum atomic E-state index is 12.5. The highest BCUT2D eigenvalue weighted by Gasteiger charge is 2.31. The lowest BCUT2D eigenvalue weighted by Crippen LogP contribution is -2.51. The number of rotatable bonds is 4. The van der Waals surface area contributed by atoms with Gasteiger partial charge in [0.15, 0.2) is 0 Å². The van der Waals surface area contributed by atoms with E-state index in [1.165, 1.54) is 0 Å². The molecule has 0 radical (unpaired) electrons. The van der Waals surface area contributed by atoms with E-state index in [0.29, 0.717) is 6.42 Å². The van der Waals surface area contributed by atoms with Crippen LogP contribution < -0.4 is 0 Å². The van der Waals surface area contributed by atoms with Crippen LogP contribution in [0.4, 0.5) is 0 Å². The summed E-state index contributed by atoms with van der Waals surface area (Å²) in [6, 6.07) is 0. The van der Waals surface area contributed by atoms with Gasteiger partial charge in [-0.2, -0.15) is 5.10 Å². The highest BCUT2D eigenvalue weighted by molar-refractivity contribution is 5.79. The summed E-state index contributed by atoms with van der Waals surface area (Å²) in [5, 5.41) is 13.8. The molecular formula is C15H25N5O2. The molecule has 2 fully saturated rings. The van der Waals surface area contributed by atoms with Crippen molar-refractivity contribution < 1.29 is 9.90 Å². The Morgan fingerprint density at radius 1 is 1.18 bits per heavy atom. The van der Waals surface area contributed by atoms with Crippen LogP contribution in [0, 0.1) is 5.92 Å². The van der Waals surface area contributed by atoms with Crippen LogP contribution in [-0.4, -0.2) is 74.4 Å². The van der Waals surface area contributed by atoms with Crippen LogP contribution in [0.15, 0.2) is 12.7 Å². The number of hydrogen-bond acceptors (Lipinski definition) is 5. The van der Waals surface area contributed by atoms with Gasteiger partial charge >= 0.3 is 0 Å². The number of amides is 1. The summed E-state index contributed by atoms with van der Waals surface area (Å²) in [6.07, 6.45) is 6.39. The number of aromatic nitrogens is 3. The van der Waals surface area contributed by atoms with Crippen molar-refractivity contribution in [2.75, 3.05) is 32.7 Å². The molecule has 7 nitrogen and oxygen atoms in total. The zero-order chi connectivity index (χ0) is 15.4. The van der Waals surface area contributed by atoms with Gasteiger partial charge in [-0.3, -0.25) is 14.4 Å². The molecule has 3 rings (SSSR count). The molecule has 0 bridgehead atoms. The van der Waals surface area contributed by atoms with Gasteiger partial charge in [-0.1, -0.05) is 6.42 Å². The van der Waals surface area contributed by atoms with E-state index in [1.807, 2.05) is 9.58 Å². The van der Waals surface area contributed by atoms with Crippen LogP contribution in [0.1, 0.15) is 25.7 Å². The van der Waals surface area contributed by atoms with Crippen molar-refractivity contribution in [1.82, 2.24) is 24.6 Å². The molecular weight excluding hydrogens is 282 g/mol. The number of piperazine rings is 1. The van der Waals surface area contributed by atoms with Crippen LogP contribution in [-0.2, 0) is 11.3 Å². The average Bonchev–Trinajstić information content (AvgIpc) is 3.06. The third-order valence-electron chi connectivity index (χ3n) is 4.79. The molecule has 2 aliphatic rings. The van der Waals surface area contributed by atoms with E-state index >= 15 is 0 Å². The van der Waals surface area contributed by atoms with Crippen LogP contribution in [0.5, 0.6) is 0 Å². The largest absolute Gasteiger partial charge is 0.393 e. The second kappa shape index (κ2) is 7.19. The van der Waals surface area contributed by atoms with Crippen LogP contribution in [0.25, 0.3) is 0 Å². The van der Waals surface area contributed by atoms with Crippen molar-refractivity contribution >= 4 is 5.91 Å². The lowest BCUT2D eigenvalue weighted by molar-refractivity contribution is -0.139. The first kappa shape index (κ1) is 15.4. The van der Waals surface area contributed by atoms with E-state index in [2.05, 4.69) is 15.0 Å². The molecule has 1 amide bonds. The molecule has 1 aliphatic carbocycles. The molecule has 1 aromatic rings. The molecule has 2 heterocycles. The Labute approximate surface area is 130 Å². The molecule has 1 aliphatic heterocycles. The van der Waals surface area contributed by atoms with Crippen molar-refractivity contribution in [2.24, 2.45) is 5.92 Å². The third-order valence-corrected chi connectivity index (χ3v) is 4.79. The number of carbonyl (C=O) groups excluding carboxylic acids is 1. The zero-order valence-corrected chi connectivity index (χ0v) is 13.0. The minimum Gasteiger partial charge on any atom is -0.393 e. The molecule has 0 unspecified atom stereocenters. The summed E-state index contributed by atoms with van der Waals surface area (Å²) < 4.78 is 1.83.